The van der Waals surface area contributed by atoms with E-state index in [4.69, 9.17) is 11.6 Å². The molecule has 25 heavy (non-hydrogen) atoms. The monoisotopic (exact) mass is 362 g/mol. The first-order chi connectivity index (χ1) is 11.9. The number of likely N-dealkylation sites (N-methyl/N-ethyl adjacent to an activating group) is 2. The number of carbonyl (C=O) groups is 2. The lowest BCUT2D eigenvalue weighted by molar-refractivity contribution is -0.136. The van der Waals surface area contributed by atoms with E-state index in [1.165, 1.54) is 0 Å². The average molecular weight is 363 g/mol. The Kier molecular flexibility index (Phi) is 5.01. The quantitative estimate of drug-likeness (QED) is 0.870. The number of aromatic amines is 1. The van der Waals surface area contributed by atoms with Crippen LogP contribution in [0.2, 0.25) is 5.02 Å². The number of H-pyrrole nitrogens is 1. The van der Waals surface area contributed by atoms with Crippen molar-refractivity contribution >= 4 is 34.3 Å². The molecule has 1 aromatic heterocycles. The smallest absolute Gasteiger partial charge is 0.238 e. The normalized spacial score (nSPS) is 18.6. The second-order valence-corrected chi connectivity index (χ2v) is 6.98. The molecule has 1 aliphatic heterocycles. The highest BCUT2D eigenvalue weighted by Crippen LogP contribution is 2.26. The minimum Gasteiger partial charge on any atom is -0.358 e. The van der Waals surface area contributed by atoms with E-state index < -0.39 is 0 Å². The van der Waals surface area contributed by atoms with Gasteiger partial charge in [-0.2, -0.15) is 0 Å². The van der Waals surface area contributed by atoms with Crippen LogP contribution < -0.4 is 5.32 Å². The summed E-state index contributed by atoms with van der Waals surface area (Å²) in [5.41, 5.74) is 2.92. The molecule has 1 fully saturated rings. The fourth-order valence-electron chi connectivity index (χ4n) is 3.40. The van der Waals surface area contributed by atoms with Crippen LogP contribution in [0.4, 0.5) is 0 Å². The number of carbonyl (C=O) groups excluding carboxylic acids is 2. The SMILES string of the molecule is CNC(=O)C1CN(C(=O)Cc2c(C)[nH]c3ccc(Cl)cc23)CCN1C. The zero-order valence-corrected chi connectivity index (χ0v) is 15.5. The van der Waals surface area contributed by atoms with Crippen molar-refractivity contribution in [2.75, 3.05) is 33.7 Å². The number of hydrogen-bond acceptors (Lipinski definition) is 3. The highest BCUT2D eigenvalue weighted by Gasteiger charge is 2.31. The van der Waals surface area contributed by atoms with Crippen molar-refractivity contribution in [3.63, 3.8) is 0 Å². The molecule has 0 radical (unpaired) electrons. The maximum Gasteiger partial charge on any atom is 0.238 e. The lowest BCUT2D eigenvalue weighted by Gasteiger charge is -2.38. The van der Waals surface area contributed by atoms with E-state index in [1.807, 2.05) is 37.1 Å². The Morgan fingerprint density at radius 2 is 2.12 bits per heavy atom. The van der Waals surface area contributed by atoms with Crippen LogP contribution in [-0.4, -0.2) is 66.4 Å². The van der Waals surface area contributed by atoms with E-state index >= 15 is 0 Å². The molecule has 0 aliphatic carbocycles. The molecule has 2 aromatic rings. The summed E-state index contributed by atoms with van der Waals surface area (Å²) in [7, 11) is 3.53. The molecule has 7 heteroatoms. The van der Waals surface area contributed by atoms with Crippen molar-refractivity contribution in [1.29, 1.82) is 0 Å². The third-order valence-electron chi connectivity index (χ3n) is 4.96. The Hall–Kier alpha value is -2.05. The number of nitrogens with one attached hydrogen (secondary N) is 2. The molecule has 0 spiro atoms. The van der Waals surface area contributed by atoms with Gasteiger partial charge in [0.05, 0.1) is 6.42 Å². The molecule has 1 aromatic carbocycles. The number of fused-ring (bicyclic) bond motifs is 1. The highest BCUT2D eigenvalue weighted by molar-refractivity contribution is 6.31. The van der Waals surface area contributed by atoms with Gasteiger partial charge >= 0.3 is 0 Å². The predicted octanol–water partition coefficient (Wildman–Crippen LogP) is 1.56. The van der Waals surface area contributed by atoms with Crippen LogP contribution in [-0.2, 0) is 16.0 Å². The molecule has 2 heterocycles. The summed E-state index contributed by atoms with van der Waals surface area (Å²) >= 11 is 6.11. The summed E-state index contributed by atoms with van der Waals surface area (Å²) in [5.74, 6) is -0.0268. The molecule has 2 amide bonds. The number of benzene rings is 1. The van der Waals surface area contributed by atoms with Crippen molar-refractivity contribution < 1.29 is 9.59 Å². The van der Waals surface area contributed by atoms with Crippen molar-refractivity contribution in [2.24, 2.45) is 0 Å². The van der Waals surface area contributed by atoms with Gasteiger partial charge in [-0.1, -0.05) is 11.6 Å². The van der Waals surface area contributed by atoms with E-state index in [1.54, 1.807) is 11.9 Å². The van der Waals surface area contributed by atoms with Gasteiger partial charge in [-0.3, -0.25) is 14.5 Å². The molecule has 2 N–H and O–H groups in total. The Balaban J connectivity index is 1.79. The molecule has 0 bridgehead atoms. The van der Waals surface area contributed by atoms with Gasteiger partial charge in [0, 0.05) is 48.3 Å². The summed E-state index contributed by atoms with van der Waals surface area (Å²) in [6.45, 7) is 3.69. The summed E-state index contributed by atoms with van der Waals surface area (Å²) in [4.78, 5) is 31.9. The molecule has 6 nitrogen and oxygen atoms in total. The van der Waals surface area contributed by atoms with Crippen LogP contribution in [0, 0.1) is 6.92 Å². The molecular weight excluding hydrogens is 340 g/mol. The number of rotatable bonds is 3. The third-order valence-corrected chi connectivity index (χ3v) is 5.19. The molecule has 1 atom stereocenters. The standard InChI is InChI=1S/C18H23ClN4O2/c1-11-13(14-8-12(19)4-5-15(14)21-11)9-17(24)23-7-6-22(3)16(10-23)18(25)20-2/h4-5,8,16,21H,6-7,9-10H2,1-3H3,(H,20,25). The van der Waals surface area contributed by atoms with Gasteiger partial charge in [0.15, 0.2) is 0 Å². The first-order valence-electron chi connectivity index (χ1n) is 8.37. The van der Waals surface area contributed by atoms with E-state index in [9.17, 15) is 9.59 Å². The number of aryl methyl sites for hydroxylation is 1. The minimum absolute atomic E-state index is 0.0333. The summed E-state index contributed by atoms with van der Waals surface area (Å²) < 4.78 is 0. The Morgan fingerprint density at radius 1 is 1.36 bits per heavy atom. The fraction of sp³-hybridized carbons (Fsp3) is 0.444. The van der Waals surface area contributed by atoms with Crippen molar-refractivity contribution in [2.45, 2.75) is 19.4 Å². The van der Waals surface area contributed by atoms with Gasteiger partial charge in [0.2, 0.25) is 11.8 Å². The van der Waals surface area contributed by atoms with E-state index in [0.717, 1.165) is 22.2 Å². The molecular formula is C18H23ClN4O2. The Labute approximate surface area is 152 Å². The van der Waals surface area contributed by atoms with Gasteiger partial charge < -0.3 is 15.2 Å². The molecule has 1 aliphatic rings. The number of hydrogen-bond donors (Lipinski definition) is 2. The van der Waals surface area contributed by atoms with Crippen LogP contribution in [0.25, 0.3) is 10.9 Å². The van der Waals surface area contributed by atoms with E-state index in [0.29, 0.717) is 31.1 Å². The summed E-state index contributed by atoms with van der Waals surface area (Å²) in [5, 5.41) is 4.31. The molecule has 0 saturated carbocycles. The van der Waals surface area contributed by atoms with Crippen molar-refractivity contribution in [3.05, 3.63) is 34.5 Å². The highest BCUT2D eigenvalue weighted by atomic mass is 35.5. The van der Waals surface area contributed by atoms with Crippen LogP contribution in [0.3, 0.4) is 0 Å². The Bertz CT molecular complexity index is 817. The van der Waals surface area contributed by atoms with Gasteiger partial charge in [0.1, 0.15) is 6.04 Å². The minimum atomic E-state index is -0.304. The molecule has 3 rings (SSSR count). The second-order valence-electron chi connectivity index (χ2n) is 6.55. The number of halogens is 1. The van der Waals surface area contributed by atoms with E-state index in [2.05, 4.69) is 10.3 Å². The van der Waals surface area contributed by atoms with Crippen molar-refractivity contribution in [3.8, 4) is 0 Å². The second kappa shape index (κ2) is 7.06. The number of aromatic nitrogens is 1. The average Bonchev–Trinajstić information content (AvgIpc) is 2.89. The number of amides is 2. The Morgan fingerprint density at radius 3 is 2.84 bits per heavy atom. The number of nitrogens with zero attached hydrogens (tertiary/aromatic N) is 2. The van der Waals surface area contributed by atoms with Crippen LogP contribution in [0.1, 0.15) is 11.3 Å². The third kappa shape index (κ3) is 3.50. The lowest BCUT2D eigenvalue weighted by Crippen LogP contribution is -2.58. The summed E-state index contributed by atoms with van der Waals surface area (Å²) in [6, 6.07) is 5.34. The van der Waals surface area contributed by atoms with Crippen LogP contribution in [0.5, 0.6) is 0 Å². The fourth-order valence-corrected chi connectivity index (χ4v) is 3.57. The van der Waals surface area contributed by atoms with Crippen LogP contribution >= 0.6 is 11.6 Å². The maximum absolute atomic E-state index is 12.8. The first-order valence-corrected chi connectivity index (χ1v) is 8.74. The predicted molar refractivity (Wildman–Crippen MR) is 98.8 cm³/mol. The zero-order valence-electron chi connectivity index (χ0n) is 14.7. The van der Waals surface area contributed by atoms with Gasteiger partial charge in [-0.25, -0.2) is 0 Å². The van der Waals surface area contributed by atoms with Gasteiger partial charge in [-0.15, -0.1) is 0 Å². The molecule has 1 saturated heterocycles. The largest absolute Gasteiger partial charge is 0.358 e. The number of piperazine rings is 1. The van der Waals surface area contributed by atoms with Gasteiger partial charge in [0.25, 0.3) is 0 Å². The molecule has 134 valence electrons. The first kappa shape index (κ1) is 17.8. The molecule has 1 unspecified atom stereocenters. The topological polar surface area (TPSA) is 68.4 Å². The van der Waals surface area contributed by atoms with Crippen LogP contribution in [0.15, 0.2) is 18.2 Å². The van der Waals surface area contributed by atoms with Crippen molar-refractivity contribution in [1.82, 2.24) is 20.1 Å². The van der Waals surface area contributed by atoms with Gasteiger partial charge in [-0.05, 0) is 37.7 Å². The zero-order chi connectivity index (χ0) is 18.1. The van der Waals surface area contributed by atoms with E-state index in [-0.39, 0.29) is 17.9 Å². The maximum atomic E-state index is 12.8. The lowest BCUT2D eigenvalue weighted by atomic mass is 10.1. The summed E-state index contributed by atoms with van der Waals surface area (Å²) in [6.07, 6.45) is 0.302.